The number of ketones is 1. The molecule has 0 amide bonds. The molecule has 0 unspecified atom stereocenters. The van der Waals surface area contributed by atoms with E-state index in [0.29, 0.717) is 6.42 Å². The molecule has 1 N–H and O–H groups in total. The van der Waals surface area contributed by atoms with Gasteiger partial charge in [-0.2, -0.15) is 0 Å². The Hall–Kier alpha value is -1.05. The number of hydrogen-bond acceptors (Lipinski definition) is 2. The topological polar surface area (TPSA) is 37.3 Å². The zero-order valence-corrected chi connectivity index (χ0v) is 10.3. The molecular weight excluding hydrogens is 200 g/mol. The first-order valence-corrected chi connectivity index (χ1v) is 6.02. The van der Waals surface area contributed by atoms with E-state index in [0.717, 1.165) is 24.8 Å². The van der Waals surface area contributed by atoms with Crippen molar-refractivity contribution in [1.29, 1.82) is 0 Å². The number of carbonyl (C=O) groups excluding carboxylic acids is 1. The Morgan fingerprint density at radius 2 is 1.94 bits per heavy atom. The maximum absolute atomic E-state index is 11.6. The molecule has 0 aliphatic heterocycles. The largest absolute Gasteiger partial charge is 0.504 e. The molecule has 2 nitrogen and oxygen atoms in total. The average Bonchev–Trinajstić information content (AvgIpc) is 2.33. The van der Waals surface area contributed by atoms with Gasteiger partial charge in [-0.15, -0.1) is 0 Å². The van der Waals surface area contributed by atoms with Gasteiger partial charge in [0.2, 0.25) is 0 Å². The lowest BCUT2D eigenvalue weighted by Crippen LogP contribution is -2.40. The molecule has 0 saturated carbocycles. The highest BCUT2D eigenvalue weighted by Crippen LogP contribution is 2.55. The van der Waals surface area contributed by atoms with Crippen molar-refractivity contribution in [1.82, 2.24) is 0 Å². The molecule has 1 atom stereocenters. The fourth-order valence-electron chi connectivity index (χ4n) is 2.92. The molecular formula is C14H20O2. The standard InChI is InChI=1S/C14H20O2/c1-13(2)8-5-4-6-10-12(16)11(15)7-9-14(10,13)3/h4,6,16H,5,7-9H2,1-3H3/t14-/m1/s1. The summed E-state index contributed by atoms with van der Waals surface area (Å²) in [5.74, 6) is -0.102. The van der Waals surface area contributed by atoms with Gasteiger partial charge in [-0.3, -0.25) is 4.79 Å². The molecule has 16 heavy (non-hydrogen) atoms. The Morgan fingerprint density at radius 3 is 2.62 bits per heavy atom. The molecule has 0 saturated heterocycles. The number of aliphatic hydroxyl groups excluding tert-OH is 1. The van der Waals surface area contributed by atoms with Gasteiger partial charge in [0.1, 0.15) is 0 Å². The third-order valence-corrected chi connectivity index (χ3v) is 4.68. The summed E-state index contributed by atoms with van der Waals surface area (Å²) in [5.41, 5.74) is 0.907. The third-order valence-electron chi connectivity index (χ3n) is 4.68. The Balaban J connectivity index is 2.60. The molecule has 0 radical (unpaired) electrons. The van der Waals surface area contributed by atoms with Gasteiger partial charge in [0.15, 0.2) is 11.5 Å². The predicted molar refractivity (Wildman–Crippen MR) is 64.2 cm³/mol. The molecule has 0 aromatic heterocycles. The minimum Gasteiger partial charge on any atom is -0.504 e. The van der Waals surface area contributed by atoms with E-state index in [9.17, 15) is 9.90 Å². The van der Waals surface area contributed by atoms with Crippen LogP contribution in [-0.4, -0.2) is 10.9 Å². The van der Waals surface area contributed by atoms with Gasteiger partial charge in [0.05, 0.1) is 0 Å². The molecule has 2 aliphatic rings. The van der Waals surface area contributed by atoms with Crippen molar-refractivity contribution in [3.63, 3.8) is 0 Å². The first kappa shape index (κ1) is 11.4. The van der Waals surface area contributed by atoms with Crippen LogP contribution in [0.1, 0.15) is 46.5 Å². The van der Waals surface area contributed by atoms with Gasteiger partial charge < -0.3 is 5.11 Å². The minimum absolute atomic E-state index is 0.0000231. The van der Waals surface area contributed by atoms with E-state index in [-0.39, 0.29) is 22.4 Å². The average molecular weight is 220 g/mol. The van der Waals surface area contributed by atoms with Crippen molar-refractivity contribution in [3.8, 4) is 0 Å². The molecule has 2 heteroatoms. The second-order valence-electron chi connectivity index (χ2n) is 5.84. The molecule has 0 heterocycles. The maximum atomic E-state index is 11.6. The van der Waals surface area contributed by atoms with Gasteiger partial charge in [-0.25, -0.2) is 0 Å². The van der Waals surface area contributed by atoms with Crippen LogP contribution in [0.5, 0.6) is 0 Å². The smallest absolute Gasteiger partial charge is 0.197 e. The highest BCUT2D eigenvalue weighted by molar-refractivity contribution is 5.95. The highest BCUT2D eigenvalue weighted by atomic mass is 16.3. The second kappa shape index (κ2) is 3.47. The molecule has 0 spiro atoms. The van der Waals surface area contributed by atoms with Crippen LogP contribution in [0, 0.1) is 10.8 Å². The van der Waals surface area contributed by atoms with Crippen molar-refractivity contribution >= 4 is 5.78 Å². The molecule has 2 aliphatic carbocycles. The summed E-state index contributed by atoms with van der Waals surface area (Å²) in [5, 5.41) is 9.97. The fraction of sp³-hybridized carbons (Fsp3) is 0.643. The third kappa shape index (κ3) is 1.43. The number of rotatable bonds is 0. The summed E-state index contributed by atoms with van der Waals surface area (Å²) in [4.78, 5) is 11.6. The first-order chi connectivity index (χ1) is 7.38. The van der Waals surface area contributed by atoms with Gasteiger partial charge in [0, 0.05) is 17.4 Å². The minimum atomic E-state index is -0.102. The lowest BCUT2D eigenvalue weighted by atomic mass is 9.57. The van der Waals surface area contributed by atoms with Crippen LogP contribution in [0.3, 0.4) is 0 Å². The van der Waals surface area contributed by atoms with Gasteiger partial charge >= 0.3 is 0 Å². The van der Waals surface area contributed by atoms with Crippen LogP contribution in [0.2, 0.25) is 0 Å². The summed E-state index contributed by atoms with van der Waals surface area (Å²) in [7, 11) is 0. The van der Waals surface area contributed by atoms with Crippen molar-refractivity contribution in [2.75, 3.05) is 0 Å². The summed E-state index contributed by atoms with van der Waals surface area (Å²) >= 11 is 0. The monoisotopic (exact) mass is 220 g/mol. The Kier molecular flexibility index (Phi) is 2.48. The fourth-order valence-corrected chi connectivity index (χ4v) is 2.92. The van der Waals surface area contributed by atoms with Crippen molar-refractivity contribution in [2.24, 2.45) is 10.8 Å². The van der Waals surface area contributed by atoms with E-state index in [4.69, 9.17) is 0 Å². The highest BCUT2D eigenvalue weighted by Gasteiger charge is 2.47. The molecule has 0 aromatic carbocycles. The van der Waals surface area contributed by atoms with Crippen LogP contribution >= 0.6 is 0 Å². The van der Waals surface area contributed by atoms with Gasteiger partial charge in [-0.1, -0.05) is 32.9 Å². The lowest BCUT2D eigenvalue weighted by molar-refractivity contribution is -0.120. The number of hydrogen-bond donors (Lipinski definition) is 1. The summed E-state index contributed by atoms with van der Waals surface area (Å²) in [6.45, 7) is 6.66. The van der Waals surface area contributed by atoms with Crippen molar-refractivity contribution in [2.45, 2.75) is 46.5 Å². The zero-order chi connectivity index (χ0) is 12.0. The first-order valence-electron chi connectivity index (χ1n) is 6.02. The van der Waals surface area contributed by atoms with E-state index < -0.39 is 0 Å². The van der Waals surface area contributed by atoms with Crippen LogP contribution in [0.25, 0.3) is 0 Å². The quantitative estimate of drug-likeness (QED) is 0.678. The maximum Gasteiger partial charge on any atom is 0.197 e. The Labute approximate surface area is 97.0 Å². The van der Waals surface area contributed by atoms with E-state index in [1.807, 2.05) is 6.08 Å². The van der Waals surface area contributed by atoms with E-state index >= 15 is 0 Å². The number of aliphatic hydroxyl groups is 1. The molecule has 88 valence electrons. The summed E-state index contributed by atoms with van der Waals surface area (Å²) in [6, 6.07) is 0. The van der Waals surface area contributed by atoms with E-state index in [1.165, 1.54) is 0 Å². The van der Waals surface area contributed by atoms with Crippen LogP contribution in [0.15, 0.2) is 23.5 Å². The summed E-state index contributed by atoms with van der Waals surface area (Å²) < 4.78 is 0. The molecule has 2 rings (SSSR count). The van der Waals surface area contributed by atoms with Gasteiger partial charge in [-0.05, 0) is 24.7 Å². The number of fused-ring (bicyclic) bond motifs is 1. The number of carbonyl (C=O) groups is 1. The van der Waals surface area contributed by atoms with Crippen LogP contribution < -0.4 is 0 Å². The Morgan fingerprint density at radius 1 is 1.25 bits per heavy atom. The molecule has 0 bridgehead atoms. The van der Waals surface area contributed by atoms with E-state index in [1.54, 1.807) is 0 Å². The number of Topliss-reactive ketones (excluding diaryl/α,β-unsaturated/α-hetero) is 1. The van der Waals surface area contributed by atoms with Gasteiger partial charge in [0.25, 0.3) is 0 Å². The number of allylic oxidation sites excluding steroid dienone is 4. The van der Waals surface area contributed by atoms with E-state index in [2.05, 4.69) is 26.8 Å². The second-order valence-corrected chi connectivity index (χ2v) is 5.84. The SMILES string of the molecule is CC1(C)CCC=CC2=C(O)C(=O)CC[C@]21C. The molecule has 0 fully saturated rings. The molecule has 0 aromatic rings. The van der Waals surface area contributed by atoms with Crippen LogP contribution in [-0.2, 0) is 4.79 Å². The van der Waals surface area contributed by atoms with Crippen LogP contribution in [0.4, 0.5) is 0 Å². The Bertz CT molecular complexity index is 388. The normalized spacial score (nSPS) is 33.6. The summed E-state index contributed by atoms with van der Waals surface area (Å²) in [6.07, 6.45) is 7.49. The zero-order valence-electron chi connectivity index (χ0n) is 10.3. The van der Waals surface area contributed by atoms with Crippen molar-refractivity contribution in [3.05, 3.63) is 23.5 Å². The predicted octanol–water partition coefficient (Wildman–Crippen LogP) is 3.54. The van der Waals surface area contributed by atoms with Crippen molar-refractivity contribution < 1.29 is 9.90 Å². The lowest BCUT2D eigenvalue weighted by Gasteiger charge is -2.46.